The molecule has 2 aromatic carbocycles. The Bertz CT molecular complexity index is 1010. The highest BCUT2D eigenvalue weighted by Gasteiger charge is 2.43. The molecule has 1 aliphatic heterocycles. The van der Waals surface area contributed by atoms with Gasteiger partial charge in [-0.1, -0.05) is 11.6 Å². The van der Waals surface area contributed by atoms with E-state index in [1.165, 1.54) is 14.2 Å². The van der Waals surface area contributed by atoms with Crippen molar-refractivity contribution < 1.29 is 31.1 Å². The third kappa shape index (κ3) is 4.17. The number of ether oxygens (including phenoxy) is 2. The molecule has 0 aliphatic carbocycles. The third-order valence-corrected chi connectivity index (χ3v) is 7.03. The second kappa shape index (κ2) is 8.04. The van der Waals surface area contributed by atoms with Crippen molar-refractivity contribution in [3.8, 4) is 11.5 Å². The molecule has 0 radical (unpaired) electrons. The van der Waals surface area contributed by atoms with Gasteiger partial charge in [0.2, 0.25) is 10.0 Å². The lowest BCUT2D eigenvalue weighted by atomic mass is 10.0. The number of hydrogen-bond acceptors (Lipinski definition) is 4. The van der Waals surface area contributed by atoms with E-state index in [1.807, 2.05) is 0 Å². The van der Waals surface area contributed by atoms with Crippen LogP contribution in [0.3, 0.4) is 0 Å². The van der Waals surface area contributed by atoms with Crippen LogP contribution in [0.2, 0.25) is 5.02 Å². The first-order valence-corrected chi connectivity index (χ1v) is 10.5. The van der Waals surface area contributed by atoms with E-state index in [9.17, 15) is 21.6 Å². The molecule has 0 bridgehead atoms. The molecule has 10 heteroatoms. The lowest BCUT2D eigenvalue weighted by Gasteiger charge is -2.27. The van der Waals surface area contributed by atoms with Gasteiger partial charge in [-0.3, -0.25) is 0 Å². The van der Waals surface area contributed by atoms with Crippen LogP contribution < -0.4 is 9.47 Å². The van der Waals surface area contributed by atoms with Crippen LogP contribution in [0.1, 0.15) is 30.0 Å². The van der Waals surface area contributed by atoms with E-state index >= 15 is 0 Å². The molecule has 158 valence electrons. The Hall–Kier alpha value is -1.97. The Morgan fingerprint density at radius 1 is 1.10 bits per heavy atom. The molecular formula is C19H19ClF3NO4S. The lowest BCUT2D eigenvalue weighted by Crippen LogP contribution is -2.32. The van der Waals surface area contributed by atoms with Gasteiger partial charge < -0.3 is 9.47 Å². The Morgan fingerprint density at radius 2 is 1.83 bits per heavy atom. The molecule has 1 aliphatic rings. The van der Waals surface area contributed by atoms with Crippen molar-refractivity contribution in [2.45, 2.75) is 30.0 Å². The van der Waals surface area contributed by atoms with Crippen LogP contribution in [-0.4, -0.2) is 33.5 Å². The number of alkyl halides is 3. The van der Waals surface area contributed by atoms with Crippen molar-refractivity contribution >= 4 is 21.6 Å². The molecule has 0 amide bonds. The van der Waals surface area contributed by atoms with Crippen molar-refractivity contribution in [3.05, 3.63) is 52.5 Å². The summed E-state index contributed by atoms with van der Waals surface area (Å²) in [5.74, 6) is 0.928. The van der Waals surface area contributed by atoms with Gasteiger partial charge in [0.15, 0.2) is 0 Å². The van der Waals surface area contributed by atoms with Crippen molar-refractivity contribution in [2.75, 3.05) is 20.8 Å². The van der Waals surface area contributed by atoms with E-state index in [4.69, 9.17) is 21.1 Å². The van der Waals surface area contributed by atoms with Gasteiger partial charge in [-0.15, -0.1) is 0 Å². The number of methoxy groups -OCH3 is 2. The summed E-state index contributed by atoms with van der Waals surface area (Å²) in [5, 5.41) is -0.191. The van der Waals surface area contributed by atoms with Gasteiger partial charge in [0.05, 0.1) is 30.7 Å². The minimum Gasteiger partial charge on any atom is -0.497 e. The van der Waals surface area contributed by atoms with Crippen molar-refractivity contribution in [2.24, 2.45) is 0 Å². The number of nitrogens with zero attached hydrogens (tertiary/aromatic N) is 1. The summed E-state index contributed by atoms with van der Waals surface area (Å²) in [7, 11) is -1.54. The summed E-state index contributed by atoms with van der Waals surface area (Å²) in [6.07, 6.45) is -3.92. The van der Waals surface area contributed by atoms with Crippen LogP contribution in [0.15, 0.2) is 41.3 Å². The zero-order valence-electron chi connectivity index (χ0n) is 15.7. The second-order valence-corrected chi connectivity index (χ2v) is 8.82. The molecule has 1 atom stereocenters. The topological polar surface area (TPSA) is 55.8 Å². The van der Waals surface area contributed by atoms with E-state index in [-0.39, 0.29) is 11.6 Å². The van der Waals surface area contributed by atoms with Crippen LogP contribution in [0, 0.1) is 0 Å². The van der Waals surface area contributed by atoms with Crippen LogP contribution in [0.4, 0.5) is 13.2 Å². The molecule has 5 nitrogen and oxygen atoms in total. The average molecular weight is 450 g/mol. The number of benzene rings is 2. The van der Waals surface area contributed by atoms with Crippen molar-refractivity contribution in [1.29, 1.82) is 0 Å². The quantitative estimate of drug-likeness (QED) is 0.651. The maximum Gasteiger partial charge on any atom is 0.417 e. The van der Waals surface area contributed by atoms with Crippen molar-refractivity contribution in [1.82, 2.24) is 4.31 Å². The molecule has 29 heavy (non-hydrogen) atoms. The number of halogens is 4. The SMILES string of the molecule is COc1ccc(OC)c(C2CCCN2S(=O)(=O)c2ccc(Cl)cc2C(F)(F)F)c1. The van der Waals surface area contributed by atoms with Gasteiger partial charge >= 0.3 is 6.18 Å². The second-order valence-electron chi connectivity index (χ2n) is 6.52. The van der Waals surface area contributed by atoms with Crippen LogP contribution in [0.5, 0.6) is 11.5 Å². The summed E-state index contributed by atoms with van der Waals surface area (Å²) in [6, 6.07) is 6.94. The van der Waals surface area contributed by atoms with E-state index in [1.54, 1.807) is 18.2 Å². The molecule has 1 heterocycles. The zero-order valence-corrected chi connectivity index (χ0v) is 17.2. The molecule has 1 saturated heterocycles. The van der Waals surface area contributed by atoms with Gasteiger partial charge in [0.25, 0.3) is 0 Å². The first-order chi connectivity index (χ1) is 13.6. The molecule has 0 aromatic heterocycles. The maximum absolute atomic E-state index is 13.5. The van der Waals surface area contributed by atoms with E-state index in [0.717, 1.165) is 16.4 Å². The summed E-state index contributed by atoms with van der Waals surface area (Å²) in [6.45, 7) is 0.0906. The molecular weight excluding hydrogens is 431 g/mol. The molecule has 0 N–H and O–H groups in total. The summed E-state index contributed by atoms with van der Waals surface area (Å²) < 4.78 is 78.7. The van der Waals surface area contributed by atoms with Gasteiger partial charge in [0.1, 0.15) is 11.5 Å². The van der Waals surface area contributed by atoms with Crippen LogP contribution in [-0.2, 0) is 16.2 Å². The zero-order chi connectivity index (χ0) is 21.4. The van der Waals surface area contributed by atoms with Gasteiger partial charge in [-0.25, -0.2) is 8.42 Å². The Labute approximate surface area is 172 Å². The fourth-order valence-corrected chi connectivity index (χ4v) is 5.55. The van der Waals surface area contributed by atoms with Crippen molar-refractivity contribution in [3.63, 3.8) is 0 Å². The smallest absolute Gasteiger partial charge is 0.417 e. The number of sulfonamides is 1. The van der Waals surface area contributed by atoms with Gasteiger partial charge in [-0.2, -0.15) is 17.5 Å². The molecule has 0 saturated carbocycles. The molecule has 2 aromatic rings. The molecule has 1 fully saturated rings. The molecule has 3 rings (SSSR count). The first-order valence-electron chi connectivity index (χ1n) is 8.70. The predicted molar refractivity (Wildman–Crippen MR) is 102 cm³/mol. The maximum atomic E-state index is 13.5. The highest BCUT2D eigenvalue weighted by Crippen LogP contribution is 2.44. The number of hydrogen-bond donors (Lipinski definition) is 0. The molecule has 1 unspecified atom stereocenters. The highest BCUT2D eigenvalue weighted by atomic mass is 35.5. The van der Waals surface area contributed by atoms with Crippen LogP contribution >= 0.6 is 11.6 Å². The number of rotatable bonds is 5. The Balaban J connectivity index is 2.11. The lowest BCUT2D eigenvalue weighted by molar-refractivity contribution is -0.139. The summed E-state index contributed by atoms with van der Waals surface area (Å²) >= 11 is 5.69. The monoisotopic (exact) mass is 449 g/mol. The van der Waals surface area contributed by atoms with Crippen LogP contribution in [0.25, 0.3) is 0 Å². The summed E-state index contributed by atoms with van der Waals surface area (Å²) in [5.41, 5.74) is -0.747. The van der Waals surface area contributed by atoms with E-state index < -0.39 is 32.7 Å². The standard InChI is InChI=1S/C19H19ClF3NO4S/c1-27-13-6-7-17(28-2)14(11-13)16-4-3-9-24(16)29(25,26)18-8-5-12(20)10-15(18)19(21,22)23/h5-8,10-11,16H,3-4,9H2,1-2H3. The summed E-state index contributed by atoms with van der Waals surface area (Å²) in [4.78, 5) is -0.817. The van der Waals surface area contributed by atoms with E-state index in [0.29, 0.717) is 36.0 Å². The minimum absolute atomic E-state index is 0.0906. The largest absolute Gasteiger partial charge is 0.497 e. The van der Waals surface area contributed by atoms with Gasteiger partial charge in [-0.05, 0) is 49.2 Å². The Kier molecular flexibility index (Phi) is 6.03. The minimum atomic E-state index is -4.86. The average Bonchev–Trinajstić information content (AvgIpc) is 3.17. The van der Waals surface area contributed by atoms with E-state index in [2.05, 4.69) is 0 Å². The Morgan fingerprint density at radius 3 is 2.45 bits per heavy atom. The van der Waals surface area contributed by atoms with Gasteiger partial charge in [0, 0.05) is 17.1 Å². The highest BCUT2D eigenvalue weighted by molar-refractivity contribution is 7.89. The predicted octanol–water partition coefficient (Wildman–Crippen LogP) is 4.90. The molecule has 0 spiro atoms. The fraction of sp³-hybridized carbons (Fsp3) is 0.368. The first kappa shape index (κ1) is 21.7. The third-order valence-electron chi connectivity index (χ3n) is 4.83. The fourth-order valence-electron chi connectivity index (χ4n) is 3.51. The normalized spacial score (nSPS) is 18.1.